The highest BCUT2D eigenvalue weighted by Gasteiger charge is 2.25. The van der Waals surface area contributed by atoms with Crippen LogP contribution in [0.15, 0.2) is 54.6 Å². The van der Waals surface area contributed by atoms with Crippen LogP contribution in [-0.4, -0.2) is 50.8 Å². The molecule has 3 rings (SSSR count). The average Bonchev–Trinajstić information content (AvgIpc) is 3.17. The van der Waals surface area contributed by atoms with Gasteiger partial charge in [0.15, 0.2) is 0 Å². The molecule has 9 heteroatoms. The van der Waals surface area contributed by atoms with Crippen LogP contribution in [0.4, 0.5) is 10.1 Å². The van der Waals surface area contributed by atoms with Crippen LogP contribution < -0.4 is 15.6 Å². The fraction of sp³-hybridized carbons (Fsp3) is 0.381. The number of para-hydroxylation sites is 1. The molecule has 0 unspecified atom stereocenters. The van der Waals surface area contributed by atoms with Crippen molar-refractivity contribution in [3.63, 3.8) is 0 Å². The molecule has 1 amide bonds. The summed E-state index contributed by atoms with van der Waals surface area (Å²) in [5, 5.41) is 0. The van der Waals surface area contributed by atoms with Gasteiger partial charge in [-0.1, -0.05) is 30.3 Å². The molecule has 2 aromatic carbocycles. The predicted molar refractivity (Wildman–Crippen MR) is 115 cm³/mol. The molecule has 1 aliphatic heterocycles. The molecule has 1 atom stereocenters. The lowest BCUT2D eigenvalue weighted by molar-refractivity contribution is 0.0953. The number of likely N-dealkylation sites (tertiary alicyclic amines) is 1. The van der Waals surface area contributed by atoms with E-state index in [-0.39, 0.29) is 12.3 Å². The Bertz CT molecular complexity index is 938. The Morgan fingerprint density at radius 3 is 2.47 bits per heavy atom. The first kappa shape index (κ1) is 22.2. The monoisotopic (exact) mass is 434 g/mol. The SMILES string of the molecule is NNC(=O)c1ccc(CN(c2ccccc2)S(=O)(=O)CCCN2CC[C@@H](F)C2)cc1. The van der Waals surface area contributed by atoms with Gasteiger partial charge in [0.1, 0.15) is 6.17 Å². The Balaban J connectivity index is 1.72. The zero-order chi connectivity index (χ0) is 21.6. The zero-order valence-electron chi connectivity index (χ0n) is 16.7. The number of nitrogen functional groups attached to an aromatic ring is 1. The van der Waals surface area contributed by atoms with Gasteiger partial charge >= 0.3 is 0 Å². The lowest BCUT2D eigenvalue weighted by atomic mass is 10.1. The van der Waals surface area contributed by atoms with Gasteiger partial charge in [-0.2, -0.15) is 0 Å². The molecule has 0 spiro atoms. The van der Waals surface area contributed by atoms with Gasteiger partial charge < -0.3 is 4.90 Å². The highest BCUT2D eigenvalue weighted by molar-refractivity contribution is 7.92. The topological polar surface area (TPSA) is 95.7 Å². The number of anilines is 1. The summed E-state index contributed by atoms with van der Waals surface area (Å²) >= 11 is 0. The number of alkyl halides is 1. The lowest BCUT2D eigenvalue weighted by Crippen LogP contribution is -2.34. The first-order chi connectivity index (χ1) is 14.4. The van der Waals surface area contributed by atoms with E-state index in [4.69, 9.17) is 5.84 Å². The Hall–Kier alpha value is -2.49. The first-order valence-corrected chi connectivity index (χ1v) is 11.5. The summed E-state index contributed by atoms with van der Waals surface area (Å²) in [4.78, 5) is 13.6. The molecule has 0 aromatic heterocycles. The Kier molecular flexibility index (Phi) is 7.41. The Morgan fingerprint density at radius 1 is 1.17 bits per heavy atom. The minimum Gasteiger partial charge on any atom is -0.300 e. The number of rotatable bonds is 9. The summed E-state index contributed by atoms with van der Waals surface area (Å²) in [6, 6.07) is 15.5. The number of halogens is 1. The van der Waals surface area contributed by atoms with Gasteiger partial charge in [0.05, 0.1) is 18.0 Å². The minimum atomic E-state index is -3.60. The normalized spacial score (nSPS) is 17.1. The molecule has 1 fully saturated rings. The maximum absolute atomic E-state index is 13.3. The molecule has 0 saturated carbocycles. The maximum Gasteiger partial charge on any atom is 0.265 e. The van der Waals surface area contributed by atoms with E-state index in [1.54, 1.807) is 48.5 Å². The number of nitrogens with one attached hydrogen (secondary N) is 1. The molecule has 0 radical (unpaired) electrons. The number of carbonyl (C=O) groups excluding carboxylic acids is 1. The molecule has 1 saturated heterocycles. The van der Waals surface area contributed by atoms with Crippen LogP contribution in [0.5, 0.6) is 0 Å². The molecule has 7 nitrogen and oxygen atoms in total. The molecule has 3 N–H and O–H groups in total. The zero-order valence-corrected chi connectivity index (χ0v) is 17.5. The second kappa shape index (κ2) is 10.0. The van der Waals surface area contributed by atoms with Crippen LogP contribution in [0.3, 0.4) is 0 Å². The molecular weight excluding hydrogens is 407 g/mol. The second-order valence-corrected chi connectivity index (χ2v) is 9.38. The Labute approximate surface area is 176 Å². The van der Waals surface area contributed by atoms with Crippen LogP contribution in [0.1, 0.15) is 28.8 Å². The van der Waals surface area contributed by atoms with E-state index in [0.717, 1.165) is 5.56 Å². The van der Waals surface area contributed by atoms with Crippen molar-refractivity contribution in [2.75, 3.05) is 29.7 Å². The maximum atomic E-state index is 13.3. The molecule has 30 heavy (non-hydrogen) atoms. The number of amides is 1. The van der Waals surface area contributed by atoms with Gasteiger partial charge in [-0.25, -0.2) is 18.7 Å². The fourth-order valence-corrected chi connectivity index (χ4v) is 5.03. The first-order valence-electron chi connectivity index (χ1n) is 9.91. The summed E-state index contributed by atoms with van der Waals surface area (Å²) in [5.41, 5.74) is 3.78. The van der Waals surface area contributed by atoms with Crippen LogP contribution in [0.25, 0.3) is 0 Å². The molecule has 0 bridgehead atoms. The lowest BCUT2D eigenvalue weighted by Gasteiger charge is -2.25. The third-order valence-corrected chi connectivity index (χ3v) is 6.96. The molecule has 1 aliphatic rings. The van der Waals surface area contributed by atoms with Gasteiger partial charge in [0.25, 0.3) is 5.91 Å². The summed E-state index contributed by atoms with van der Waals surface area (Å²) in [7, 11) is -3.60. The van der Waals surface area contributed by atoms with E-state index in [0.29, 0.717) is 43.7 Å². The smallest absolute Gasteiger partial charge is 0.265 e. The van der Waals surface area contributed by atoms with Gasteiger partial charge in [-0.05, 0) is 49.2 Å². The fourth-order valence-electron chi connectivity index (χ4n) is 3.52. The number of hydrogen-bond acceptors (Lipinski definition) is 5. The number of sulfonamides is 1. The van der Waals surface area contributed by atoms with Crippen molar-refractivity contribution < 1.29 is 17.6 Å². The van der Waals surface area contributed by atoms with Crippen molar-refractivity contribution in [2.45, 2.75) is 25.6 Å². The van der Waals surface area contributed by atoms with E-state index in [1.807, 2.05) is 11.0 Å². The van der Waals surface area contributed by atoms with E-state index in [9.17, 15) is 17.6 Å². The number of nitrogens with zero attached hydrogens (tertiary/aromatic N) is 2. The van der Waals surface area contributed by atoms with Gasteiger partial charge in [-0.15, -0.1) is 0 Å². The van der Waals surface area contributed by atoms with Crippen molar-refractivity contribution in [3.8, 4) is 0 Å². The highest BCUT2D eigenvalue weighted by Crippen LogP contribution is 2.22. The standard InChI is InChI=1S/C21H27FN4O3S/c22-19-11-13-25(16-19)12-4-14-30(28,29)26(20-5-2-1-3-6-20)15-17-7-9-18(10-8-17)21(27)24-23/h1-3,5-10,19H,4,11-16,23H2,(H,24,27)/t19-/m1/s1. The van der Waals surface area contributed by atoms with Gasteiger partial charge in [0.2, 0.25) is 10.0 Å². The predicted octanol–water partition coefficient (Wildman–Crippen LogP) is 2.06. The van der Waals surface area contributed by atoms with E-state index in [2.05, 4.69) is 5.43 Å². The summed E-state index contributed by atoms with van der Waals surface area (Å²) in [5.74, 6) is 4.71. The third-order valence-electron chi connectivity index (χ3n) is 5.14. The van der Waals surface area contributed by atoms with Crippen LogP contribution in [0, 0.1) is 0 Å². The van der Waals surface area contributed by atoms with Crippen LogP contribution >= 0.6 is 0 Å². The molecular formula is C21H27FN4O3S. The Morgan fingerprint density at radius 2 is 1.87 bits per heavy atom. The van der Waals surface area contributed by atoms with E-state index < -0.39 is 22.1 Å². The number of nitrogens with two attached hydrogens (primary N) is 1. The summed E-state index contributed by atoms with van der Waals surface area (Å²) < 4.78 is 41.0. The highest BCUT2D eigenvalue weighted by atomic mass is 32.2. The van der Waals surface area contributed by atoms with Gasteiger partial charge in [-0.3, -0.25) is 14.5 Å². The van der Waals surface area contributed by atoms with Crippen LogP contribution in [-0.2, 0) is 16.6 Å². The second-order valence-electron chi connectivity index (χ2n) is 7.37. The van der Waals surface area contributed by atoms with Crippen molar-refractivity contribution in [1.29, 1.82) is 0 Å². The van der Waals surface area contributed by atoms with Crippen molar-refractivity contribution in [1.82, 2.24) is 10.3 Å². The molecule has 1 heterocycles. The van der Waals surface area contributed by atoms with Crippen LogP contribution in [0.2, 0.25) is 0 Å². The van der Waals surface area contributed by atoms with Crippen molar-refractivity contribution >= 4 is 21.6 Å². The van der Waals surface area contributed by atoms with Crippen molar-refractivity contribution in [3.05, 3.63) is 65.7 Å². The molecule has 0 aliphatic carbocycles. The molecule has 162 valence electrons. The van der Waals surface area contributed by atoms with Crippen molar-refractivity contribution in [2.24, 2.45) is 5.84 Å². The summed E-state index contributed by atoms with van der Waals surface area (Å²) in [6.07, 6.45) is 0.140. The summed E-state index contributed by atoms with van der Waals surface area (Å²) in [6.45, 7) is 1.76. The number of hydrogen-bond donors (Lipinski definition) is 2. The minimum absolute atomic E-state index is 0.0248. The van der Waals surface area contributed by atoms with Gasteiger partial charge in [0, 0.05) is 18.7 Å². The average molecular weight is 435 g/mol. The number of carbonyl (C=O) groups is 1. The largest absolute Gasteiger partial charge is 0.300 e. The van der Waals surface area contributed by atoms with E-state index >= 15 is 0 Å². The van der Waals surface area contributed by atoms with E-state index in [1.165, 1.54) is 4.31 Å². The third kappa shape index (κ3) is 5.78. The molecule has 2 aromatic rings. The quantitative estimate of drug-likeness (QED) is 0.358. The number of hydrazine groups is 1. The number of benzene rings is 2.